The largest absolute Gasteiger partial charge is 0.378 e. The quantitative estimate of drug-likeness (QED) is 0.646. The van der Waals surface area contributed by atoms with Gasteiger partial charge in [0.25, 0.3) is 0 Å². The molecule has 3 aliphatic heterocycles. The first kappa shape index (κ1) is 20.4. The fourth-order valence-corrected chi connectivity index (χ4v) is 5.14. The van der Waals surface area contributed by atoms with Crippen molar-refractivity contribution in [2.75, 3.05) is 61.6 Å². The summed E-state index contributed by atoms with van der Waals surface area (Å²) < 4.78 is 5.43. The summed E-state index contributed by atoms with van der Waals surface area (Å²) in [6.07, 6.45) is 4.94. The molecule has 8 nitrogen and oxygen atoms in total. The molecule has 0 saturated carbocycles. The van der Waals surface area contributed by atoms with Crippen LogP contribution in [-0.2, 0) is 4.74 Å². The second-order valence-electron chi connectivity index (χ2n) is 9.08. The van der Waals surface area contributed by atoms with Crippen LogP contribution in [0.4, 0.5) is 23.1 Å². The average molecular weight is 444 g/mol. The predicted octanol–water partition coefficient (Wildman–Crippen LogP) is 3.01. The molecule has 2 atom stereocenters. The van der Waals surface area contributed by atoms with Crippen molar-refractivity contribution in [1.29, 1.82) is 0 Å². The van der Waals surface area contributed by atoms with E-state index < -0.39 is 0 Å². The second-order valence-corrected chi connectivity index (χ2v) is 9.08. The molecule has 3 aliphatic rings. The SMILES string of the molecule is CN1CC2CC1CN2c1ccc(Nc2nccc(-c3ccc(N4CCOCC4)nc3)n2)cc1. The number of rotatable bonds is 5. The summed E-state index contributed by atoms with van der Waals surface area (Å²) in [6, 6.07) is 16.0. The van der Waals surface area contributed by atoms with Crippen LogP contribution < -0.4 is 15.1 Å². The van der Waals surface area contributed by atoms with Crippen molar-refractivity contribution in [3.8, 4) is 11.3 Å². The molecule has 0 spiro atoms. The van der Waals surface area contributed by atoms with Crippen LogP contribution in [-0.4, -0.2) is 78.4 Å². The number of likely N-dealkylation sites (tertiary alicyclic amines) is 1. The molecule has 2 bridgehead atoms. The number of nitrogens with one attached hydrogen (secondary N) is 1. The van der Waals surface area contributed by atoms with Crippen LogP contribution in [0.25, 0.3) is 11.3 Å². The fourth-order valence-electron chi connectivity index (χ4n) is 5.14. The van der Waals surface area contributed by atoms with Crippen molar-refractivity contribution in [1.82, 2.24) is 19.9 Å². The molecule has 1 aromatic carbocycles. The first-order valence-corrected chi connectivity index (χ1v) is 11.7. The van der Waals surface area contributed by atoms with Crippen LogP contribution in [0.2, 0.25) is 0 Å². The van der Waals surface area contributed by atoms with Crippen molar-refractivity contribution < 1.29 is 4.74 Å². The highest BCUT2D eigenvalue weighted by Crippen LogP contribution is 2.34. The molecular formula is C25H29N7O. The number of morpholine rings is 1. The molecule has 3 aromatic rings. The highest BCUT2D eigenvalue weighted by molar-refractivity contribution is 5.64. The van der Waals surface area contributed by atoms with E-state index >= 15 is 0 Å². The lowest BCUT2D eigenvalue weighted by atomic mass is 10.2. The molecule has 8 heteroatoms. The van der Waals surface area contributed by atoms with E-state index in [1.165, 1.54) is 12.1 Å². The first-order chi connectivity index (χ1) is 16.2. The van der Waals surface area contributed by atoms with Crippen molar-refractivity contribution in [3.63, 3.8) is 0 Å². The van der Waals surface area contributed by atoms with Crippen LogP contribution in [0.3, 0.4) is 0 Å². The molecule has 5 heterocycles. The van der Waals surface area contributed by atoms with Gasteiger partial charge in [-0.05, 0) is 55.9 Å². The van der Waals surface area contributed by atoms with Crippen LogP contribution in [0.5, 0.6) is 0 Å². The number of anilines is 4. The molecule has 33 heavy (non-hydrogen) atoms. The topological polar surface area (TPSA) is 69.7 Å². The number of benzene rings is 1. The highest BCUT2D eigenvalue weighted by Gasteiger charge is 2.41. The minimum Gasteiger partial charge on any atom is -0.378 e. The van der Waals surface area contributed by atoms with Crippen LogP contribution in [0, 0.1) is 0 Å². The zero-order valence-corrected chi connectivity index (χ0v) is 18.9. The van der Waals surface area contributed by atoms with Gasteiger partial charge in [-0.15, -0.1) is 0 Å². The van der Waals surface area contributed by atoms with Gasteiger partial charge < -0.3 is 19.9 Å². The Balaban J connectivity index is 1.13. The Kier molecular flexibility index (Phi) is 5.32. The molecule has 1 N–H and O–H groups in total. The van der Waals surface area contributed by atoms with Gasteiger partial charge in [-0.2, -0.15) is 0 Å². The van der Waals surface area contributed by atoms with Crippen LogP contribution in [0.15, 0.2) is 54.9 Å². The van der Waals surface area contributed by atoms with Crippen molar-refractivity contribution in [3.05, 3.63) is 54.9 Å². The maximum atomic E-state index is 5.43. The highest BCUT2D eigenvalue weighted by atomic mass is 16.5. The normalized spacial score (nSPS) is 22.7. The number of nitrogens with zero attached hydrogens (tertiary/aromatic N) is 6. The molecule has 170 valence electrons. The molecule has 0 amide bonds. The lowest BCUT2D eigenvalue weighted by Crippen LogP contribution is -2.44. The van der Waals surface area contributed by atoms with Gasteiger partial charge in [0.2, 0.25) is 5.95 Å². The van der Waals surface area contributed by atoms with Gasteiger partial charge in [-0.25, -0.2) is 15.0 Å². The minimum absolute atomic E-state index is 0.583. The number of ether oxygens (including phenoxy) is 1. The lowest BCUT2D eigenvalue weighted by Gasteiger charge is -2.33. The molecule has 2 aromatic heterocycles. The average Bonchev–Trinajstić information content (AvgIpc) is 3.45. The number of pyridine rings is 1. The summed E-state index contributed by atoms with van der Waals surface area (Å²) >= 11 is 0. The third kappa shape index (κ3) is 4.12. The molecular weight excluding hydrogens is 414 g/mol. The van der Waals surface area contributed by atoms with Gasteiger partial charge in [-0.1, -0.05) is 0 Å². The Labute approximate surface area is 194 Å². The van der Waals surface area contributed by atoms with Crippen molar-refractivity contribution in [2.24, 2.45) is 0 Å². The maximum Gasteiger partial charge on any atom is 0.227 e. The van der Waals surface area contributed by atoms with Gasteiger partial charge in [0.05, 0.1) is 18.9 Å². The maximum absolute atomic E-state index is 5.43. The van der Waals surface area contributed by atoms with E-state index in [0.29, 0.717) is 18.0 Å². The Hall–Kier alpha value is -3.23. The van der Waals surface area contributed by atoms with Gasteiger partial charge in [0, 0.05) is 67.6 Å². The standard InChI is InChI=1S/C25H29N7O/c1-30-16-22-14-21(30)17-32(22)20-5-3-19(4-6-20)28-25-26-9-8-23(29-25)18-2-7-24(27-15-18)31-10-12-33-13-11-31/h2-9,15,21-22H,10-14,16-17H2,1H3,(H,26,28,29). The number of hydrogen-bond acceptors (Lipinski definition) is 8. The van der Waals surface area contributed by atoms with Crippen LogP contribution >= 0.6 is 0 Å². The Morgan fingerprint density at radius 1 is 0.939 bits per heavy atom. The second kappa shape index (κ2) is 8.61. The third-order valence-electron chi connectivity index (χ3n) is 7.00. The molecule has 3 saturated heterocycles. The summed E-state index contributed by atoms with van der Waals surface area (Å²) in [6.45, 7) is 5.54. The van der Waals surface area contributed by atoms with Crippen molar-refractivity contribution >= 4 is 23.1 Å². The van der Waals surface area contributed by atoms with E-state index in [0.717, 1.165) is 62.2 Å². The Morgan fingerprint density at radius 2 is 1.79 bits per heavy atom. The van der Waals surface area contributed by atoms with Crippen LogP contribution in [0.1, 0.15) is 6.42 Å². The summed E-state index contributed by atoms with van der Waals surface area (Å²) in [5.41, 5.74) is 4.10. The van der Waals surface area contributed by atoms with Gasteiger partial charge in [-0.3, -0.25) is 4.90 Å². The number of aromatic nitrogens is 3. The molecule has 6 rings (SSSR count). The smallest absolute Gasteiger partial charge is 0.227 e. The first-order valence-electron chi connectivity index (χ1n) is 11.7. The van der Waals surface area contributed by atoms with E-state index in [-0.39, 0.29) is 0 Å². The van der Waals surface area contributed by atoms with E-state index in [1.54, 1.807) is 6.20 Å². The Morgan fingerprint density at radius 3 is 2.48 bits per heavy atom. The van der Waals surface area contributed by atoms with Crippen molar-refractivity contribution in [2.45, 2.75) is 18.5 Å². The lowest BCUT2D eigenvalue weighted by molar-refractivity contribution is 0.122. The zero-order valence-electron chi connectivity index (χ0n) is 18.9. The molecule has 3 fully saturated rings. The number of likely N-dealkylation sites (N-methyl/N-ethyl adjacent to an activating group) is 1. The number of fused-ring (bicyclic) bond motifs is 2. The predicted molar refractivity (Wildman–Crippen MR) is 130 cm³/mol. The fraction of sp³-hybridized carbons (Fsp3) is 0.400. The van der Waals surface area contributed by atoms with E-state index in [4.69, 9.17) is 9.72 Å². The summed E-state index contributed by atoms with van der Waals surface area (Å²) in [5.74, 6) is 1.56. The van der Waals surface area contributed by atoms with E-state index in [9.17, 15) is 0 Å². The Bertz CT molecular complexity index is 1100. The number of piperazine rings is 1. The van der Waals surface area contributed by atoms with Gasteiger partial charge in [0.15, 0.2) is 0 Å². The summed E-state index contributed by atoms with van der Waals surface area (Å²) in [7, 11) is 2.23. The molecule has 0 aliphatic carbocycles. The summed E-state index contributed by atoms with van der Waals surface area (Å²) in [5, 5.41) is 3.34. The minimum atomic E-state index is 0.583. The van der Waals surface area contributed by atoms with Gasteiger partial charge in [0.1, 0.15) is 5.82 Å². The van der Waals surface area contributed by atoms with E-state index in [2.05, 4.69) is 73.4 Å². The number of hydrogen-bond donors (Lipinski definition) is 1. The van der Waals surface area contributed by atoms with E-state index in [1.807, 2.05) is 12.3 Å². The summed E-state index contributed by atoms with van der Waals surface area (Å²) in [4.78, 5) is 21.0. The monoisotopic (exact) mass is 443 g/mol. The van der Waals surface area contributed by atoms with Gasteiger partial charge >= 0.3 is 0 Å². The zero-order chi connectivity index (χ0) is 22.2. The molecule has 2 unspecified atom stereocenters. The third-order valence-corrected chi connectivity index (χ3v) is 7.00. The molecule has 0 radical (unpaired) electrons.